The highest BCUT2D eigenvalue weighted by Gasteiger charge is 2.15. The molecule has 0 aromatic heterocycles. The zero-order chi connectivity index (χ0) is 12.0. The van der Waals surface area contributed by atoms with Crippen molar-refractivity contribution in [3.8, 4) is 6.07 Å². The summed E-state index contributed by atoms with van der Waals surface area (Å²) < 4.78 is 13.1. The van der Waals surface area contributed by atoms with Crippen molar-refractivity contribution in [2.45, 2.75) is 12.5 Å². The molecule has 0 amide bonds. The van der Waals surface area contributed by atoms with Crippen LogP contribution in [0.15, 0.2) is 24.3 Å². The molecular formula is C12H16FN3. The fraction of sp³-hybridized carbons (Fsp3) is 0.417. The number of halogens is 1. The quantitative estimate of drug-likeness (QED) is 0.822. The Morgan fingerprint density at radius 2 is 2.31 bits per heavy atom. The number of benzene rings is 1. The number of nitrogens with zero attached hydrogens (tertiary/aromatic N) is 2. The van der Waals surface area contributed by atoms with E-state index in [1.165, 1.54) is 12.1 Å². The molecule has 2 N–H and O–H groups in total. The Hall–Kier alpha value is -1.44. The Morgan fingerprint density at radius 1 is 1.56 bits per heavy atom. The van der Waals surface area contributed by atoms with E-state index < -0.39 is 0 Å². The highest BCUT2D eigenvalue weighted by molar-refractivity contribution is 5.20. The molecule has 0 aliphatic heterocycles. The molecule has 0 fully saturated rings. The maximum atomic E-state index is 13.1. The smallest absolute Gasteiger partial charge is 0.123 e. The first-order valence-electron chi connectivity index (χ1n) is 5.21. The second kappa shape index (κ2) is 6.21. The van der Waals surface area contributed by atoms with Crippen molar-refractivity contribution in [2.75, 3.05) is 20.1 Å². The number of hydrogen-bond acceptors (Lipinski definition) is 3. The molecule has 3 nitrogen and oxygen atoms in total. The van der Waals surface area contributed by atoms with E-state index in [1.54, 1.807) is 6.07 Å². The van der Waals surface area contributed by atoms with Gasteiger partial charge in [0.15, 0.2) is 0 Å². The largest absolute Gasteiger partial charge is 0.329 e. The van der Waals surface area contributed by atoms with E-state index in [0.717, 1.165) is 5.56 Å². The highest BCUT2D eigenvalue weighted by Crippen LogP contribution is 2.18. The van der Waals surface area contributed by atoms with Crippen LogP contribution < -0.4 is 5.73 Å². The Bertz CT molecular complexity index is 373. The molecule has 0 heterocycles. The standard InChI is InChI=1S/C12H16FN3/c1-16(7-3-6-14)12(9-15)10-4-2-5-11(13)8-10/h2,4-5,8,12H,3,7,9,15H2,1H3. The predicted octanol–water partition coefficient (Wildman–Crippen LogP) is 1.67. The Labute approximate surface area is 95.3 Å². The van der Waals surface area contributed by atoms with Crippen molar-refractivity contribution in [1.29, 1.82) is 5.26 Å². The van der Waals surface area contributed by atoms with Gasteiger partial charge in [0.2, 0.25) is 0 Å². The van der Waals surface area contributed by atoms with Crippen LogP contribution in [0.1, 0.15) is 18.0 Å². The second-order valence-corrected chi connectivity index (χ2v) is 3.70. The average molecular weight is 221 g/mol. The molecule has 1 aromatic rings. The molecule has 1 aromatic carbocycles. The summed E-state index contributed by atoms with van der Waals surface area (Å²) in [6, 6.07) is 8.46. The lowest BCUT2D eigenvalue weighted by Crippen LogP contribution is -2.31. The molecule has 16 heavy (non-hydrogen) atoms. The third-order valence-electron chi connectivity index (χ3n) is 2.57. The zero-order valence-corrected chi connectivity index (χ0v) is 9.36. The van der Waals surface area contributed by atoms with Crippen molar-refractivity contribution in [1.82, 2.24) is 4.90 Å². The lowest BCUT2D eigenvalue weighted by atomic mass is 10.1. The molecule has 0 bridgehead atoms. The Morgan fingerprint density at radius 3 is 2.88 bits per heavy atom. The summed E-state index contributed by atoms with van der Waals surface area (Å²) in [7, 11) is 1.89. The first-order chi connectivity index (χ1) is 7.69. The third-order valence-corrected chi connectivity index (χ3v) is 2.57. The highest BCUT2D eigenvalue weighted by atomic mass is 19.1. The number of hydrogen-bond donors (Lipinski definition) is 1. The molecule has 0 aliphatic rings. The molecule has 86 valence electrons. The lowest BCUT2D eigenvalue weighted by Gasteiger charge is -2.26. The van der Waals surface area contributed by atoms with Crippen molar-refractivity contribution in [3.05, 3.63) is 35.6 Å². The minimum atomic E-state index is -0.260. The van der Waals surface area contributed by atoms with Crippen LogP contribution in [0.5, 0.6) is 0 Å². The third kappa shape index (κ3) is 3.30. The van der Waals surface area contributed by atoms with E-state index in [-0.39, 0.29) is 11.9 Å². The molecule has 0 radical (unpaired) electrons. The first kappa shape index (κ1) is 12.6. The van der Waals surface area contributed by atoms with Gasteiger partial charge in [0.25, 0.3) is 0 Å². The fourth-order valence-electron chi connectivity index (χ4n) is 1.67. The molecule has 4 heteroatoms. The maximum absolute atomic E-state index is 13.1. The van der Waals surface area contributed by atoms with Crippen molar-refractivity contribution >= 4 is 0 Å². The minimum Gasteiger partial charge on any atom is -0.329 e. The predicted molar refractivity (Wildman–Crippen MR) is 61.1 cm³/mol. The second-order valence-electron chi connectivity index (χ2n) is 3.70. The number of nitriles is 1. The van der Waals surface area contributed by atoms with Gasteiger partial charge in [-0.15, -0.1) is 0 Å². The summed E-state index contributed by atoms with van der Waals surface area (Å²) in [6.07, 6.45) is 0.447. The molecule has 1 rings (SSSR count). The molecule has 0 saturated carbocycles. The molecule has 1 atom stereocenters. The topological polar surface area (TPSA) is 53.0 Å². The normalized spacial score (nSPS) is 12.4. The number of rotatable bonds is 5. The van der Waals surface area contributed by atoms with Crippen LogP contribution in [-0.4, -0.2) is 25.0 Å². The van der Waals surface area contributed by atoms with Crippen molar-refractivity contribution in [3.63, 3.8) is 0 Å². The van der Waals surface area contributed by atoms with E-state index in [1.807, 2.05) is 18.0 Å². The van der Waals surface area contributed by atoms with E-state index >= 15 is 0 Å². The van der Waals surface area contributed by atoms with Gasteiger partial charge in [0.1, 0.15) is 5.82 Å². The van der Waals surface area contributed by atoms with E-state index in [0.29, 0.717) is 19.5 Å². The van der Waals surface area contributed by atoms with Crippen molar-refractivity contribution < 1.29 is 4.39 Å². The summed E-state index contributed by atoms with van der Waals surface area (Å²) in [5.41, 5.74) is 6.53. The molecular weight excluding hydrogens is 205 g/mol. The van der Waals surface area contributed by atoms with Crippen molar-refractivity contribution in [2.24, 2.45) is 5.73 Å². The SMILES string of the molecule is CN(CCC#N)C(CN)c1cccc(F)c1. The van der Waals surface area contributed by atoms with Gasteiger partial charge in [-0.3, -0.25) is 4.90 Å². The summed E-state index contributed by atoms with van der Waals surface area (Å²) in [5, 5.41) is 8.52. The van der Waals surface area contributed by atoms with E-state index in [9.17, 15) is 4.39 Å². The van der Waals surface area contributed by atoms with Gasteiger partial charge in [0.05, 0.1) is 6.07 Å². The molecule has 1 unspecified atom stereocenters. The maximum Gasteiger partial charge on any atom is 0.123 e. The molecule has 0 saturated heterocycles. The van der Waals surface area contributed by atoms with Gasteiger partial charge in [-0.2, -0.15) is 5.26 Å². The summed E-state index contributed by atoms with van der Waals surface area (Å²) in [4.78, 5) is 1.97. The van der Waals surface area contributed by atoms with Crippen LogP contribution in [0, 0.1) is 17.1 Å². The number of likely N-dealkylation sites (N-methyl/N-ethyl adjacent to an activating group) is 1. The monoisotopic (exact) mass is 221 g/mol. The summed E-state index contributed by atoms with van der Waals surface area (Å²) >= 11 is 0. The first-order valence-corrected chi connectivity index (χ1v) is 5.21. The van der Waals surface area contributed by atoms with Gasteiger partial charge < -0.3 is 5.73 Å². The number of nitrogens with two attached hydrogens (primary N) is 1. The van der Waals surface area contributed by atoms with Gasteiger partial charge in [-0.25, -0.2) is 4.39 Å². The van der Waals surface area contributed by atoms with E-state index in [4.69, 9.17) is 11.0 Å². The molecule has 0 spiro atoms. The van der Waals surface area contributed by atoms with Gasteiger partial charge in [-0.05, 0) is 24.7 Å². The summed E-state index contributed by atoms with van der Waals surface area (Å²) in [5.74, 6) is -0.260. The lowest BCUT2D eigenvalue weighted by molar-refractivity contribution is 0.255. The minimum absolute atomic E-state index is 0.0379. The van der Waals surface area contributed by atoms with Gasteiger partial charge in [-0.1, -0.05) is 12.1 Å². The fourth-order valence-corrected chi connectivity index (χ4v) is 1.67. The van der Waals surface area contributed by atoms with Crippen LogP contribution in [0.4, 0.5) is 4.39 Å². The van der Waals surface area contributed by atoms with Crippen LogP contribution >= 0.6 is 0 Å². The van der Waals surface area contributed by atoms with Crippen LogP contribution in [0.3, 0.4) is 0 Å². The van der Waals surface area contributed by atoms with Gasteiger partial charge in [0, 0.05) is 25.6 Å². The van der Waals surface area contributed by atoms with Gasteiger partial charge >= 0.3 is 0 Å². The van der Waals surface area contributed by atoms with Crippen LogP contribution in [-0.2, 0) is 0 Å². The Balaban J connectivity index is 2.78. The average Bonchev–Trinajstić information content (AvgIpc) is 2.27. The zero-order valence-electron chi connectivity index (χ0n) is 9.36. The summed E-state index contributed by atoms with van der Waals surface area (Å²) in [6.45, 7) is 1.04. The van der Waals surface area contributed by atoms with Crippen LogP contribution in [0.25, 0.3) is 0 Å². The van der Waals surface area contributed by atoms with E-state index in [2.05, 4.69) is 6.07 Å². The molecule has 0 aliphatic carbocycles. The van der Waals surface area contributed by atoms with Crippen LogP contribution in [0.2, 0.25) is 0 Å². The Kier molecular flexibility index (Phi) is 4.90.